The quantitative estimate of drug-likeness (QED) is 0.542. The molecule has 48 valence electrons. The van der Waals surface area contributed by atoms with Crippen LogP contribution in [0.5, 0.6) is 0 Å². The second kappa shape index (κ2) is 4.14. The van der Waals surface area contributed by atoms with Crippen LogP contribution in [0.15, 0.2) is 12.3 Å². The SMILES string of the molecule is CC(/C=C\N)C(O)I. The fourth-order valence-electron chi connectivity index (χ4n) is 0.267. The van der Waals surface area contributed by atoms with E-state index in [4.69, 9.17) is 10.8 Å². The summed E-state index contributed by atoms with van der Waals surface area (Å²) in [6, 6.07) is 0. The highest BCUT2D eigenvalue weighted by Gasteiger charge is 2.03. The number of nitrogens with two attached hydrogens (primary N) is 1. The first-order valence-corrected chi connectivity index (χ1v) is 3.63. The summed E-state index contributed by atoms with van der Waals surface area (Å²) in [5, 5.41) is 8.83. The first kappa shape index (κ1) is 8.23. The van der Waals surface area contributed by atoms with Gasteiger partial charge in [-0.05, 0) is 6.20 Å². The molecule has 0 aliphatic carbocycles. The summed E-state index contributed by atoms with van der Waals surface area (Å²) < 4.78 is -0.326. The molecule has 0 heterocycles. The van der Waals surface area contributed by atoms with Crippen molar-refractivity contribution in [2.75, 3.05) is 0 Å². The van der Waals surface area contributed by atoms with Crippen LogP contribution >= 0.6 is 22.6 Å². The first-order chi connectivity index (χ1) is 3.68. The van der Waals surface area contributed by atoms with Gasteiger partial charge in [-0.1, -0.05) is 35.6 Å². The van der Waals surface area contributed by atoms with E-state index in [0.29, 0.717) is 0 Å². The largest absolute Gasteiger partial charge is 0.405 e. The molecule has 0 aromatic carbocycles. The monoisotopic (exact) mass is 227 g/mol. The maximum atomic E-state index is 8.83. The normalized spacial score (nSPS) is 18.9. The zero-order valence-corrected chi connectivity index (χ0v) is 6.87. The molecule has 0 saturated heterocycles. The highest BCUT2D eigenvalue weighted by atomic mass is 127. The lowest BCUT2D eigenvalue weighted by Gasteiger charge is -2.05. The van der Waals surface area contributed by atoms with Crippen LogP contribution in [0.25, 0.3) is 0 Å². The molecule has 0 bridgehead atoms. The lowest BCUT2D eigenvalue weighted by molar-refractivity contribution is 0.242. The van der Waals surface area contributed by atoms with Crippen LogP contribution in [-0.2, 0) is 0 Å². The van der Waals surface area contributed by atoms with Gasteiger partial charge in [-0.15, -0.1) is 0 Å². The number of aliphatic hydroxyl groups excluding tert-OH is 1. The molecule has 2 atom stereocenters. The van der Waals surface area contributed by atoms with Crippen molar-refractivity contribution < 1.29 is 5.11 Å². The van der Waals surface area contributed by atoms with Crippen molar-refractivity contribution in [3.8, 4) is 0 Å². The number of rotatable bonds is 2. The van der Waals surface area contributed by atoms with Gasteiger partial charge in [0.05, 0.1) is 0 Å². The Balaban J connectivity index is 3.47. The molecule has 0 spiro atoms. The molecule has 8 heavy (non-hydrogen) atoms. The Hall–Kier alpha value is 0.230. The molecule has 2 nitrogen and oxygen atoms in total. The lowest BCUT2D eigenvalue weighted by atomic mass is 10.2. The summed E-state index contributed by atoms with van der Waals surface area (Å²) in [7, 11) is 0. The van der Waals surface area contributed by atoms with Gasteiger partial charge in [0.15, 0.2) is 0 Å². The average Bonchev–Trinajstić information content (AvgIpc) is 1.67. The Morgan fingerprint density at radius 3 is 2.38 bits per heavy atom. The van der Waals surface area contributed by atoms with Crippen molar-refractivity contribution in [1.82, 2.24) is 0 Å². The van der Waals surface area contributed by atoms with Crippen molar-refractivity contribution in [2.24, 2.45) is 11.7 Å². The predicted molar refractivity (Wildman–Crippen MR) is 42.5 cm³/mol. The van der Waals surface area contributed by atoms with Gasteiger partial charge in [0.2, 0.25) is 0 Å². The topological polar surface area (TPSA) is 46.2 Å². The Labute approximate surface area is 62.9 Å². The minimum absolute atomic E-state index is 0.153. The first-order valence-electron chi connectivity index (χ1n) is 2.39. The molecule has 0 fully saturated rings. The van der Waals surface area contributed by atoms with E-state index in [-0.39, 0.29) is 10.0 Å². The van der Waals surface area contributed by atoms with E-state index >= 15 is 0 Å². The number of aliphatic hydroxyl groups is 1. The zero-order chi connectivity index (χ0) is 6.57. The second-order valence-electron chi connectivity index (χ2n) is 1.62. The van der Waals surface area contributed by atoms with E-state index in [1.165, 1.54) is 6.20 Å². The van der Waals surface area contributed by atoms with E-state index in [1.807, 2.05) is 29.5 Å². The highest BCUT2D eigenvalue weighted by Crippen LogP contribution is 2.09. The fraction of sp³-hybridized carbons (Fsp3) is 0.600. The number of hydrogen-bond donors (Lipinski definition) is 2. The van der Waals surface area contributed by atoms with Gasteiger partial charge in [0.1, 0.15) is 4.11 Å². The number of hydrogen-bond acceptors (Lipinski definition) is 2. The molecule has 3 heteroatoms. The van der Waals surface area contributed by atoms with Crippen molar-refractivity contribution in [1.29, 1.82) is 0 Å². The molecular formula is C5H10INO. The van der Waals surface area contributed by atoms with Crippen LogP contribution in [0.2, 0.25) is 0 Å². The molecule has 0 aliphatic rings. The summed E-state index contributed by atoms with van der Waals surface area (Å²) in [5.41, 5.74) is 5.07. The molecule has 0 saturated carbocycles. The van der Waals surface area contributed by atoms with Crippen molar-refractivity contribution in [2.45, 2.75) is 11.0 Å². The van der Waals surface area contributed by atoms with Crippen LogP contribution in [0, 0.1) is 5.92 Å². The molecule has 3 N–H and O–H groups in total. The van der Waals surface area contributed by atoms with Gasteiger partial charge >= 0.3 is 0 Å². The van der Waals surface area contributed by atoms with Crippen LogP contribution < -0.4 is 5.73 Å². The molecular weight excluding hydrogens is 217 g/mol. The fourth-order valence-corrected chi connectivity index (χ4v) is 0.507. The Morgan fingerprint density at radius 2 is 2.25 bits per heavy atom. The number of alkyl halides is 1. The van der Waals surface area contributed by atoms with Gasteiger partial charge < -0.3 is 10.8 Å². The lowest BCUT2D eigenvalue weighted by Crippen LogP contribution is -2.06. The van der Waals surface area contributed by atoms with Crippen molar-refractivity contribution in [3.05, 3.63) is 12.3 Å². The predicted octanol–water partition coefficient (Wildman–Crippen LogP) is 0.848. The molecule has 0 aliphatic heterocycles. The molecule has 2 unspecified atom stereocenters. The minimum Gasteiger partial charge on any atom is -0.405 e. The maximum absolute atomic E-state index is 8.83. The van der Waals surface area contributed by atoms with Gasteiger partial charge in [-0.2, -0.15) is 0 Å². The van der Waals surface area contributed by atoms with Gasteiger partial charge in [-0.3, -0.25) is 0 Å². The third-order valence-corrected chi connectivity index (χ3v) is 1.98. The summed E-state index contributed by atoms with van der Waals surface area (Å²) in [6.07, 6.45) is 3.21. The van der Waals surface area contributed by atoms with Crippen molar-refractivity contribution >= 4 is 22.6 Å². The minimum atomic E-state index is -0.326. The standard InChI is InChI=1S/C5H10INO/c1-4(2-3-7)5(6)8/h2-5,8H,7H2,1H3/b3-2-. The Kier molecular flexibility index (Phi) is 4.26. The van der Waals surface area contributed by atoms with E-state index in [1.54, 1.807) is 6.08 Å². The summed E-state index contributed by atoms with van der Waals surface area (Å²) in [5.74, 6) is 0.153. The summed E-state index contributed by atoms with van der Waals surface area (Å²) in [4.78, 5) is 0. The van der Waals surface area contributed by atoms with Gasteiger partial charge in [0, 0.05) is 5.92 Å². The third kappa shape index (κ3) is 3.26. The smallest absolute Gasteiger partial charge is 0.111 e. The average molecular weight is 227 g/mol. The Bertz CT molecular complexity index is 82.5. The van der Waals surface area contributed by atoms with E-state index in [9.17, 15) is 0 Å². The van der Waals surface area contributed by atoms with Crippen LogP contribution in [0.3, 0.4) is 0 Å². The van der Waals surface area contributed by atoms with Crippen LogP contribution in [0.4, 0.5) is 0 Å². The van der Waals surface area contributed by atoms with Crippen molar-refractivity contribution in [3.63, 3.8) is 0 Å². The van der Waals surface area contributed by atoms with Gasteiger partial charge in [-0.25, -0.2) is 0 Å². The molecule has 0 rings (SSSR count). The van der Waals surface area contributed by atoms with Crippen LogP contribution in [0.1, 0.15) is 6.92 Å². The molecule has 0 radical (unpaired) electrons. The van der Waals surface area contributed by atoms with Gasteiger partial charge in [0.25, 0.3) is 0 Å². The molecule has 0 amide bonds. The highest BCUT2D eigenvalue weighted by molar-refractivity contribution is 14.1. The van der Waals surface area contributed by atoms with Crippen LogP contribution in [-0.4, -0.2) is 9.22 Å². The summed E-state index contributed by atoms with van der Waals surface area (Å²) in [6.45, 7) is 1.90. The summed E-state index contributed by atoms with van der Waals surface area (Å²) >= 11 is 1.94. The van der Waals surface area contributed by atoms with E-state index in [2.05, 4.69) is 0 Å². The van der Waals surface area contributed by atoms with E-state index < -0.39 is 0 Å². The zero-order valence-electron chi connectivity index (χ0n) is 4.71. The van der Waals surface area contributed by atoms with E-state index in [0.717, 1.165) is 0 Å². The molecule has 0 aromatic rings. The third-order valence-electron chi connectivity index (χ3n) is 0.849. The number of halogens is 1. The Morgan fingerprint density at radius 1 is 1.75 bits per heavy atom. The maximum Gasteiger partial charge on any atom is 0.111 e. The molecule has 0 aromatic heterocycles. The second-order valence-corrected chi connectivity index (χ2v) is 2.89.